The summed E-state index contributed by atoms with van der Waals surface area (Å²) >= 11 is 0. The van der Waals surface area contributed by atoms with Crippen LogP contribution in [0.5, 0.6) is 0 Å². The fourth-order valence-electron chi connectivity index (χ4n) is 2.38. The normalized spacial score (nSPS) is 17.0. The fraction of sp³-hybridized carbons (Fsp3) is 0.412. The Bertz CT molecular complexity index is 539. The molecule has 0 unspecified atom stereocenters. The van der Waals surface area contributed by atoms with Crippen molar-refractivity contribution in [3.05, 3.63) is 47.5 Å². The van der Waals surface area contributed by atoms with Crippen LogP contribution in [0.3, 0.4) is 0 Å². The van der Waals surface area contributed by atoms with E-state index in [0.29, 0.717) is 19.5 Å². The smallest absolute Gasteiger partial charge is 0.410 e. The molecule has 5 nitrogen and oxygen atoms in total. The van der Waals surface area contributed by atoms with Crippen molar-refractivity contribution in [3.8, 4) is 0 Å². The summed E-state index contributed by atoms with van der Waals surface area (Å²) < 4.78 is 9.97. The van der Waals surface area contributed by atoms with Gasteiger partial charge < -0.3 is 14.4 Å². The second kappa shape index (κ2) is 8.22. The molecule has 1 heterocycles. The summed E-state index contributed by atoms with van der Waals surface area (Å²) in [6, 6.07) is 9.60. The molecule has 0 bridgehead atoms. The topological polar surface area (TPSA) is 55.8 Å². The number of hydrogen-bond acceptors (Lipinski definition) is 4. The average molecular weight is 303 g/mol. The lowest BCUT2D eigenvalue weighted by Crippen LogP contribution is -2.32. The second-order valence-electron chi connectivity index (χ2n) is 5.21. The number of carbonyl (C=O) groups is 2. The molecule has 2 rings (SSSR count). The minimum Gasteiger partial charge on any atom is -0.466 e. The molecular weight excluding hydrogens is 282 g/mol. The maximum absolute atomic E-state index is 12.1. The molecule has 1 aliphatic rings. The highest BCUT2D eigenvalue weighted by molar-refractivity contribution is 5.82. The van der Waals surface area contributed by atoms with Crippen LogP contribution in [0.15, 0.2) is 42.0 Å². The molecule has 118 valence electrons. The molecule has 0 atom stereocenters. The van der Waals surface area contributed by atoms with E-state index in [1.165, 1.54) is 13.2 Å². The molecule has 0 N–H and O–H groups in total. The zero-order chi connectivity index (χ0) is 15.8. The van der Waals surface area contributed by atoms with E-state index in [0.717, 1.165) is 24.0 Å². The number of benzene rings is 1. The molecular formula is C17H21NO4. The summed E-state index contributed by atoms with van der Waals surface area (Å²) in [6.45, 7) is 1.49. The van der Waals surface area contributed by atoms with Crippen LogP contribution >= 0.6 is 0 Å². The average Bonchev–Trinajstić information content (AvgIpc) is 2.79. The molecule has 1 saturated heterocycles. The molecule has 1 amide bonds. The van der Waals surface area contributed by atoms with Crippen molar-refractivity contribution in [2.45, 2.75) is 25.9 Å². The number of likely N-dealkylation sites (tertiary alicyclic amines) is 1. The number of nitrogens with zero attached hydrogens (tertiary/aromatic N) is 1. The third-order valence-corrected chi connectivity index (χ3v) is 3.62. The van der Waals surface area contributed by atoms with Crippen molar-refractivity contribution in [3.63, 3.8) is 0 Å². The highest BCUT2D eigenvalue weighted by Crippen LogP contribution is 2.17. The fourth-order valence-corrected chi connectivity index (χ4v) is 2.38. The van der Waals surface area contributed by atoms with Gasteiger partial charge in [-0.25, -0.2) is 9.59 Å². The number of methoxy groups -OCH3 is 1. The number of hydrogen-bond donors (Lipinski definition) is 0. The van der Waals surface area contributed by atoms with Crippen LogP contribution in [0.4, 0.5) is 4.79 Å². The summed E-state index contributed by atoms with van der Waals surface area (Å²) in [6.07, 6.45) is 3.53. The van der Waals surface area contributed by atoms with Gasteiger partial charge in [0.1, 0.15) is 6.61 Å². The molecule has 1 fully saturated rings. The van der Waals surface area contributed by atoms with Gasteiger partial charge in [0.05, 0.1) is 7.11 Å². The lowest BCUT2D eigenvalue weighted by molar-refractivity contribution is -0.134. The number of esters is 1. The number of ether oxygens (including phenoxy) is 2. The zero-order valence-electron chi connectivity index (χ0n) is 12.8. The van der Waals surface area contributed by atoms with Gasteiger partial charge >= 0.3 is 12.1 Å². The van der Waals surface area contributed by atoms with Crippen LogP contribution in [-0.2, 0) is 20.9 Å². The highest BCUT2D eigenvalue weighted by atomic mass is 16.6. The van der Waals surface area contributed by atoms with Crippen molar-refractivity contribution in [2.24, 2.45) is 0 Å². The van der Waals surface area contributed by atoms with Gasteiger partial charge in [0, 0.05) is 19.2 Å². The highest BCUT2D eigenvalue weighted by Gasteiger charge is 2.19. The first-order valence-electron chi connectivity index (χ1n) is 7.42. The molecule has 1 aromatic rings. The van der Waals surface area contributed by atoms with Gasteiger partial charge in [0.15, 0.2) is 0 Å². The molecule has 0 radical (unpaired) electrons. The summed E-state index contributed by atoms with van der Waals surface area (Å²) in [7, 11) is 1.36. The first kappa shape index (κ1) is 16.1. The Morgan fingerprint density at radius 1 is 1.18 bits per heavy atom. The predicted molar refractivity (Wildman–Crippen MR) is 82.2 cm³/mol. The lowest BCUT2D eigenvalue weighted by atomic mass is 10.1. The first-order valence-corrected chi connectivity index (χ1v) is 7.42. The van der Waals surface area contributed by atoms with Gasteiger partial charge in [-0.1, -0.05) is 35.9 Å². The number of amides is 1. The van der Waals surface area contributed by atoms with E-state index >= 15 is 0 Å². The Kier molecular flexibility index (Phi) is 6.01. The minimum absolute atomic E-state index is 0.279. The summed E-state index contributed by atoms with van der Waals surface area (Å²) in [5, 5.41) is 0. The largest absolute Gasteiger partial charge is 0.466 e. The van der Waals surface area contributed by atoms with Crippen LogP contribution < -0.4 is 0 Å². The zero-order valence-corrected chi connectivity index (χ0v) is 12.8. The Morgan fingerprint density at radius 2 is 1.95 bits per heavy atom. The summed E-state index contributed by atoms with van der Waals surface area (Å²) in [5.74, 6) is -0.338. The SMILES string of the molecule is COC(=O)/C=C1/CCCN(C(=O)OCc2ccccc2)CC1. The van der Waals surface area contributed by atoms with Crippen LogP contribution in [-0.4, -0.2) is 37.2 Å². The van der Waals surface area contributed by atoms with Gasteiger partial charge in [0.2, 0.25) is 0 Å². The van der Waals surface area contributed by atoms with Crippen molar-refractivity contribution in [1.82, 2.24) is 4.90 Å². The van der Waals surface area contributed by atoms with Crippen molar-refractivity contribution in [1.29, 1.82) is 0 Å². The van der Waals surface area contributed by atoms with E-state index in [4.69, 9.17) is 4.74 Å². The predicted octanol–water partition coefficient (Wildman–Crippen LogP) is 2.91. The van der Waals surface area contributed by atoms with Crippen LogP contribution in [0.25, 0.3) is 0 Å². The lowest BCUT2D eigenvalue weighted by Gasteiger charge is -2.19. The molecule has 0 aliphatic carbocycles. The third kappa shape index (κ3) is 4.91. The Morgan fingerprint density at radius 3 is 2.68 bits per heavy atom. The Balaban J connectivity index is 1.84. The second-order valence-corrected chi connectivity index (χ2v) is 5.21. The standard InChI is InChI=1S/C17H21NO4/c1-21-16(19)12-14-8-5-10-18(11-9-14)17(20)22-13-15-6-3-2-4-7-15/h2-4,6-7,12H,5,8-11,13H2,1H3/b14-12-. The molecule has 1 aliphatic heterocycles. The summed E-state index contributed by atoms with van der Waals surface area (Å²) in [4.78, 5) is 25.1. The van der Waals surface area contributed by atoms with Crippen LogP contribution in [0.1, 0.15) is 24.8 Å². The molecule has 0 saturated carbocycles. The van der Waals surface area contributed by atoms with Crippen LogP contribution in [0, 0.1) is 0 Å². The molecule has 22 heavy (non-hydrogen) atoms. The van der Waals surface area contributed by atoms with Crippen LogP contribution in [0.2, 0.25) is 0 Å². The van der Waals surface area contributed by atoms with Gasteiger partial charge in [-0.05, 0) is 24.8 Å². The molecule has 1 aromatic carbocycles. The summed E-state index contributed by atoms with van der Waals surface area (Å²) in [5.41, 5.74) is 1.99. The maximum Gasteiger partial charge on any atom is 0.410 e. The molecule has 0 aromatic heterocycles. The maximum atomic E-state index is 12.1. The number of carbonyl (C=O) groups excluding carboxylic acids is 2. The van der Waals surface area contributed by atoms with E-state index in [1.807, 2.05) is 30.3 Å². The van der Waals surface area contributed by atoms with E-state index in [1.54, 1.807) is 4.90 Å². The van der Waals surface area contributed by atoms with Crippen molar-refractivity contribution >= 4 is 12.1 Å². The Labute approximate surface area is 130 Å². The van der Waals surface area contributed by atoms with E-state index < -0.39 is 0 Å². The first-order chi connectivity index (χ1) is 10.7. The van der Waals surface area contributed by atoms with Gasteiger partial charge in [-0.2, -0.15) is 0 Å². The minimum atomic E-state index is -0.338. The van der Waals surface area contributed by atoms with E-state index in [9.17, 15) is 9.59 Å². The van der Waals surface area contributed by atoms with E-state index in [2.05, 4.69) is 4.74 Å². The molecule has 5 heteroatoms. The van der Waals surface area contributed by atoms with Crippen molar-refractivity contribution in [2.75, 3.05) is 20.2 Å². The van der Waals surface area contributed by atoms with Gasteiger partial charge in [0.25, 0.3) is 0 Å². The van der Waals surface area contributed by atoms with Crippen molar-refractivity contribution < 1.29 is 19.1 Å². The van der Waals surface area contributed by atoms with E-state index in [-0.39, 0.29) is 18.7 Å². The third-order valence-electron chi connectivity index (χ3n) is 3.62. The number of rotatable bonds is 3. The van der Waals surface area contributed by atoms with Gasteiger partial charge in [-0.3, -0.25) is 0 Å². The monoisotopic (exact) mass is 303 g/mol. The quantitative estimate of drug-likeness (QED) is 0.636. The molecule has 0 spiro atoms. The van der Waals surface area contributed by atoms with Gasteiger partial charge in [-0.15, -0.1) is 0 Å². The Hall–Kier alpha value is -2.30.